The van der Waals surface area contributed by atoms with E-state index in [-0.39, 0.29) is 24.8 Å². The molecule has 0 atom stereocenters. The van der Waals surface area contributed by atoms with Crippen LogP contribution in [0.1, 0.15) is 51.4 Å². The van der Waals surface area contributed by atoms with Crippen molar-refractivity contribution in [1.82, 2.24) is 0 Å². The summed E-state index contributed by atoms with van der Waals surface area (Å²) in [6, 6.07) is 0. The lowest BCUT2D eigenvalue weighted by atomic mass is 9.98. The molecule has 0 aromatic rings. The van der Waals surface area contributed by atoms with Crippen LogP contribution in [0, 0.1) is 10.1 Å². The van der Waals surface area contributed by atoms with E-state index in [1.165, 1.54) is 0 Å². The van der Waals surface area contributed by atoms with Gasteiger partial charge in [-0.25, -0.2) is 4.79 Å². The van der Waals surface area contributed by atoms with Gasteiger partial charge >= 0.3 is 5.97 Å². The number of rotatable bonds is 7. The molecule has 0 unspecified atom stereocenters. The first-order valence-corrected chi connectivity index (χ1v) is 6.67. The molecule has 1 aliphatic carbocycles. The minimum Gasteiger partial charge on any atom is -0.458 e. The summed E-state index contributed by atoms with van der Waals surface area (Å²) in [4.78, 5) is 21.5. The van der Waals surface area contributed by atoms with E-state index >= 15 is 0 Å². The standard InChI is InChI=1S/C12H20N2O5/c15-12(19-10-6-2-1-3-7-10)11(13-16)8-4-5-9-14(17)18/h10,16H,1-9H2. The number of oxime groups is 1. The summed E-state index contributed by atoms with van der Waals surface area (Å²) in [7, 11) is 0. The number of hydrogen-bond donors (Lipinski definition) is 1. The predicted octanol–water partition coefficient (Wildman–Crippen LogP) is 2.14. The number of hydrogen-bond acceptors (Lipinski definition) is 6. The largest absolute Gasteiger partial charge is 0.458 e. The second-order valence-electron chi connectivity index (χ2n) is 4.73. The minimum absolute atomic E-state index is 0.0473. The fourth-order valence-corrected chi connectivity index (χ4v) is 2.13. The third kappa shape index (κ3) is 6.17. The van der Waals surface area contributed by atoms with E-state index in [0.717, 1.165) is 32.1 Å². The minimum atomic E-state index is -0.601. The summed E-state index contributed by atoms with van der Waals surface area (Å²) in [6.07, 6.45) is 5.86. The van der Waals surface area contributed by atoms with Crippen molar-refractivity contribution in [2.24, 2.45) is 5.16 Å². The summed E-state index contributed by atoms with van der Waals surface area (Å²) in [6.45, 7) is -0.142. The molecule has 7 nitrogen and oxygen atoms in total. The van der Waals surface area contributed by atoms with Crippen LogP contribution in [0.15, 0.2) is 5.16 Å². The topological polar surface area (TPSA) is 102 Å². The molecule has 0 aliphatic heterocycles. The third-order valence-corrected chi connectivity index (χ3v) is 3.19. The van der Waals surface area contributed by atoms with Crippen molar-refractivity contribution < 1.29 is 19.7 Å². The van der Waals surface area contributed by atoms with Crippen LogP contribution in [-0.2, 0) is 9.53 Å². The molecule has 7 heteroatoms. The van der Waals surface area contributed by atoms with Gasteiger partial charge in [-0.3, -0.25) is 10.1 Å². The highest BCUT2D eigenvalue weighted by Gasteiger charge is 2.21. The van der Waals surface area contributed by atoms with Crippen molar-refractivity contribution in [3.63, 3.8) is 0 Å². The molecule has 0 spiro atoms. The van der Waals surface area contributed by atoms with Crippen LogP contribution in [0.2, 0.25) is 0 Å². The highest BCUT2D eigenvalue weighted by atomic mass is 16.6. The highest BCUT2D eigenvalue weighted by Crippen LogP contribution is 2.20. The second kappa shape index (κ2) is 8.44. The summed E-state index contributed by atoms with van der Waals surface area (Å²) in [5, 5.41) is 21.9. The second-order valence-corrected chi connectivity index (χ2v) is 4.73. The molecule has 0 radical (unpaired) electrons. The number of carbonyl (C=O) groups is 1. The van der Waals surface area contributed by atoms with E-state index in [0.29, 0.717) is 12.8 Å². The summed E-state index contributed by atoms with van der Waals surface area (Å²) >= 11 is 0. The first-order chi connectivity index (χ1) is 9.13. The molecule has 0 heterocycles. The van der Waals surface area contributed by atoms with Crippen LogP contribution in [-0.4, -0.2) is 34.5 Å². The van der Waals surface area contributed by atoms with E-state index in [1.54, 1.807) is 0 Å². The molecule has 0 aromatic carbocycles. The maximum atomic E-state index is 11.7. The lowest BCUT2D eigenvalue weighted by Gasteiger charge is -2.21. The quantitative estimate of drug-likeness (QED) is 0.191. The average Bonchev–Trinajstić information content (AvgIpc) is 2.39. The van der Waals surface area contributed by atoms with Gasteiger partial charge in [0.25, 0.3) is 0 Å². The summed E-state index contributed by atoms with van der Waals surface area (Å²) in [5.41, 5.74) is -0.0473. The Morgan fingerprint density at radius 1 is 1.32 bits per heavy atom. The molecule has 0 amide bonds. The Labute approximate surface area is 111 Å². The maximum absolute atomic E-state index is 11.7. The van der Waals surface area contributed by atoms with Crippen molar-refractivity contribution in [3.8, 4) is 0 Å². The van der Waals surface area contributed by atoms with Crippen LogP contribution >= 0.6 is 0 Å². The fourth-order valence-electron chi connectivity index (χ4n) is 2.13. The SMILES string of the molecule is O=C(OC1CCCCC1)C(CCCC[N+](=O)[O-])=NO. The van der Waals surface area contributed by atoms with E-state index < -0.39 is 10.9 Å². The van der Waals surface area contributed by atoms with Crippen LogP contribution in [0.3, 0.4) is 0 Å². The summed E-state index contributed by atoms with van der Waals surface area (Å²) < 4.78 is 5.26. The van der Waals surface area contributed by atoms with Gasteiger partial charge in [0.1, 0.15) is 6.10 Å². The zero-order valence-corrected chi connectivity index (χ0v) is 10.9. The Balaban J connectivity index is 2.28. The van der Waals surface area contributed by atoms with Crippen molar-refractivity contribution in [1.29, 1.82) is 0 Å². The molecular weight excluding hydrogens is 252 g/mol. The Kier molecular flexibility index (Phi) is 6.84. The van der Waals surface area contributed by atoms with Crippen LogP contribution < -0.4 is 0 Å². The normalized spacial score (nSPS) is 17.2. The number of carbonyl (C=O) groups excluding carboxylic acids is 1. The fraction of sp³-hybridized carbons (Fsp3) is 0.833. The molecule has 108 valence electrons. The van der Waals surface area contributed by atoms with Gasteiger partial charge in [0, 0.05) is 17.8 Å². The molecule has 0 bridgehead atoms. The first-order valence-electron chi connectivity index (χ1n) is 6.67. The zero-order chi connectivity index (χ0) is 14.1. The van der Waals surface area contributed by atoms with Gasteiger partial charge in [0.15, 0.2) is 5.71 Å². The zero-order valence-electron chi connectivity index (χ0n) is 10.9. The lowest BCUT2D eigenvalue weighted by Crippen LogP contribution is -2.26. The van der Waals surface area contributed by atoms with Crippen LogP contribution in [0.5, 0.6) is 0 Å². The molecule has 19 heavy (non-hydrogen) atoms. The molecule has 1 aliphatic rings. The summed E-state index contributed by atoms with van der Waals surface area (Å²) in [5.74, 6) is -0.601. The number of nitrogens with zero attached hydrogens (tertiary/aromatic N) is 2. The van der Waals surface area contributed by atoms with Crippen molar-refractivity contribution in [3.05, 3.63) is 10.1 Å². The van der Waals surface area contributed by atoms with E-state index in [9.17, 15) is 14.9 Å². The Morgan fingerprint density at radius 2 is 2.00 bits per heavy atom. The maximum Gasteiger partial charge on any atom is 0.356 e. The third-order valence-electron chi connectivity index (χ3n) is 3.19. The van der Waals surface area contributed by atoms with Gasteiger partial charge in [-0.1, -0.05) is 11.6 Å². The van der Waals surface area contributed by atoms with Crippen molar-refractivity contribution in [2.45, 2.75) is 57.5 Å². The Hall–Kier alpha value is -1.66. The van der Waals surface area contributed by atoms with E-state index in [1.807, 2.05) is 0 Å². The van der Waals surface area contributed by atoms with Gasteiger partial charge in [-0.2, -0.15) is 0 Å². The Bertz CT molecular complexity index is 337. The molecule has 1 rings (SSSR count). The monoisotopic (exact) mass is 272 g/mol. The van der Waals surface area contributed by atoms with E-state index in [4.69, 9.17) is 9.94 Å². The number of nitro groups is 1. The smallest absolute Gasteiger partial charge is 0.356 e. The van der Waals surface area contributed by atoms with Crippen LogP contribution in [0.4, 0.5) is 0 Å². The first kappa shape index (κ1) is 15.4. The Morgan fingerprint density at radius 3 is 2.58 bits per heavy atom. The lowest BCUT2D eigenvalue weighted by molar-refractivity contribution is -0.480. The van der Waals surface area contributed by atoms with Crippen molar-refractivity contribution >= 4 is 11.7 Å². The average molecular weight is 272 g/mol. The van der Waals surface area contributed by atoms with Crippen molar-refractivity contribution in [2.75, 3.05) is 6.54 Å². The molecular formula is C12H20N2O5. The number of ether oxygens (including phenoxy) is 1. The number of unbranched alkanes of at least 4 members (excludes halogenated alkanes) is 1. The van der Waals surface area contributed by atoms with Gasteiger partial charge in [-0.05, 0) is 32.1 Å². The highest BCUT2D eigenvalue weighted by molar-refractivity contribution is 6.36. The predicted molar refractivity (Wildman–Crippen MR) is 67.9 cm³/mol. The molecule has 1 N–H and O–H groups in total. The molecule has 0 aromatic heterocycles. The van der Waals surface area contributed by atoms with Gasteiger partial charge in [-0.15, -0.1) is 0 Å². The molecule has 1 fully saturated rings. The van der Waals surface area contributed by atoms with Gasteiger partial charge in [0.05, 0.1) is 0 Å². The van der Waals surface area contributed by atoms with Gasteiger partial charge in [0.2, 0.25) is 6.54 Å². The van der Waals surface area contributed by atoms with Crippen LogP contribution in [0.25, 0.3) is 0 Å². The number of esters is 1. The van der Waals surface area contributed by atoms with Gasteiger partial charge < -0.3 is 9.94 Å². The van der Waals surface area contributed by atoms with E-state index in [2.05, 4.69) is 5.16 Å². The molecule has 1 saturated carbocycles. The molecule has 0 saturated heterocycles.